The number of rotatable bonds is 7. The second kappa shape index (κ2) is 14.3. The van der Waals surface area contributed by atoms with E-state index in [-0.39, 0.29) is 5.92 Å². The largest absolute Gasteiger partial charge is 0.456 e. The van der Waals surface area contributed by atoms with Gasteiger partial charge in [-0.3, -0.25) is 0 Å². The van der Waals surface area contributed by atoms with Gasteiger partial charge in [0, 0.05) is 39.0 Å². The lowest BCUT2D eigenvalue weighted by Gasteiger charge is -2.40. The van der Waals surface area contributed by atoms with Gasteiger partial charge < -0.3 is 9.64 Å². The van der Waals surface area contributed by atoms with Crippen LogP contribution in [0.3, 0.4) is 0 Å². The smallest absolute Gasteiger partial charge is 0.135 e. The molecule has 0 aromatic heterocycles. The molecule has 7 aromatic rings. The molecule has 2 heterocycles. The Hall–Kier alpha value is -6.55. The van der Waals surface area contributed by atoms with Crippen LogP contribution < -0.4 is 9.64 Å². The van der Waals surface area contributed by atoms with Crippen LogP contribution in [0.15, 0.2) is 227 Å². The van der Waals surface area contributed by atoms with E-state index in [1.165, 1.54) is 71.4 Å². The summed E-state index contributed by atoms with van der Waals surface area (Å²) in [4.78, 5) is 5.36. The third-order valence-electron chi connectivity index (χ3n) is 13.6. The van der Waals surface area contributed by atoms with Gasteiger partial charge >= 0.3 is 0 Å². The Kier molecular flexibility index (Phi) is 8.45. The summed E-state index contributed by atoms with van der Waals surface area (Å²) in [6.07, 6.45) is 12.6. The van der Waals surface area contributed by atoms with E-state index in [0.29, 0.717) is 11.8 Å². The number of thioether (sulfide) groups is 1. The van der Waals surface area contributed by atoms with Crippen LogP contribution in [0.5, 0.6) is 11.5 Å². The fourth-order valence-corrected chi connectivity index (χ4v) is 12.2. The van der Waals surface area contributed by atoms with Crippen LogP contribution in [-0.2, 0) is 11.8 Å². The van der Waals surface area contributed by atoms with Crippen LogP contribution in [0.2, 0.25) is 0 Å². The lowest BCUT2D eigenvalue weighted by atomic mass is 9.65. The first-order valence-electron chi connectivity index (χ1n) is 21.3. The molecule has 288 valence electrons. The predicted octanol–water partition coefficient (Wildman–Crippen LogP) is 14.7. The van der Waals surface area contributed by atoms with Crippen molar-refractivity contribution in [3.05, 3.63) is 261 Å². The first kappa shape index (κ1) is 35.4. The van der Waals surface area contributed by atoms with E-state index >= 15 is 0 Å². The maximum atomic E-state index is 7.15. The Morgan fingerprint density at radius 3 is 1.88 bits per heavy atom. The Morgan fingerprint density at radius 1 is 0.583 bits per heavy atom. The van der Waals surface area contributed by atoms with Gasteiger partial charge in [0.25, 0.3) is 0 Å². The number of allylic oxidation sites excluding steroid dienone is 7. The van der Waals surface area contributed by atoms with E-state index in [2.05, 4.69) is 211 Å². The normalized spacial score (nSPS) is 19.1. The maximum Gasteiger partial charge on any atom is 0.135 e. The van der Waals surface area contributed by atoms with E-state index in [0.717, 1.165) is 30.8 Å². The standard InChI is InChI=1S/C57H43NOS/c1-4-17-38(18-5-1)46(39-31-33-54-47(35-39)48-37-43(32-34-55(48)60-54)58(41-20-6-2-7-21-41)42-22-8-3-9-23-42)36-40-19-16-29-52-56(40)59-53-30-15-14-28-51(53)57(52)49-26-12-10-24-44(49)45-25-11-13-27-50(45)57/h1-34,39,46,48H,35-37H2. The zero-order valence-corrected chi connectivity index (χ0v) is 34.1. The first-order valence-corrected chi connectivity index (χ1v) is 22.1. The van der Waals surface area contributed by atoms with Gasteiger partial charge in [0.05, 0.1) is 5.41 Å². The zero-order valence-electron chi connectivity index (χ0n) is 33.2. The Bertz CT molecular complexity index is 2840. The van der Waals surface area contributed by atoms with Gasteiger partial charge in [-0.25, -0.2) is 0 Å². The highest BCUT2D eigenvalue weighted by Gasteiger charge is 2.51. The highest BCUT2D eigenvalue weighted by molar-refractivity contribution is 8.07. The third kappa shape index (κ3) is 5.49. The molecule has 0 saturated carbocycles. The van der Waals surface area contributed by atoms with Gasteiger partial charge in [-0.15, -0.1) is 0 Å². The molecule has 1 spiro atoms. The molecule has 3 unspecified atom stereocenters. The summed E-state index contributed by atoms with van der Waals surface area (Å²) in [5.74, 6) is 2.90. The highest BCUT2D eigenvalue weighted by atomic mass is 32.2. The molecule has 0 saturated heterocycles. The molecule has 12 rings (SSSR count). The molecule has 3 heteroatoms. The molecule has 0 N–H and O–H groups in total. The van der Waals surface area contributed by atoms with Crippen molar-refractivity contribution in [2.45, 2.75) is 30.6 Å². The quantitative estimate of drug-likeness (QED) is 0.160. The van der Waals surface area contributed by atoms with Gasteiger partial charge in [-0.05, 0) is 117 Å². The summed E-state index contributed by atoms with van der Waals surface area (Å²) in [6, 6.07) is 66.6. The monoisotopic (exact) mass is 789 g/mol. The molecule has 2 nitrogen and oxygen atoms in total. The van der Waals surface area contributed by atoms with Gasteiger partial charge in [0.2, 0.25) is 0 Å². The van der Waals surface area contributed by atoms with Gasteiger partial charge in [0.1, 0.15) is 11.5 Å². The molecule has 0 radical (unpaired) electrons. The molecular weight excluding hydrogens is 747 g/mol. The molecule has 5 aliphatic rings. The van der Waals surface area contributed by atoms with E-state index in [4.69, 9.17) is 4.74 Å². The summed E-state index contributed by atoms with van der Waals surface area (Å²) in [7, 11) is 0. The lowest BCUT2D eigenvalue weighted by Crippen LogP contribution is -2.32. The molecule has 7 aromatic carbocycles. The van der Waals surface area contributed by atoms with Crippen molar-refractivity contribution in [2.75, 3.05) is 4.90 Å². The van der Waals surface area contributed by atoms with Crippen molar-refractivity contribution in [3.8, 4) is 22.6 Å². The third-order valence-corrected chi connectivity index (χ3v) is 14.8. The SMILES string of the molecule is C1=CC(C(Cc2cccc3c2Oc2ccccc2C32c3ccccc3-c3ccccc32)c2ccccc2)CC2=C1SC1=CC=C(N(c3ccccc3)c3ccccc3)CC12. The molecule has 2 aliphatic heterocycles. The van der Waals surface area contributed by atoms with Crippen molar-refractivity contribution < 1.29 is 4.74 Å². The number of nitrogens with zero attached hydrogens (tertiary/aromatic N) is 1. The van der Waals surface area contributed by atoms with Crippen LogP contribution in [0.4, 0.5) is 11.4 Å². The van der Waals surface area contributed by atoms with E-state index in [9.17, 15) is 0 Å². The van der Waals surface area contributed by atoms with Crippen molar-refractivity contribution in [2.24, 2.45) is 11.8 Å². The topological polar surface area (TPSA) is 12.5 Å². The fraction of sp³-hybridized carbons (Fsp3) is 0.123. The van der Waals surface area contributed by atoms with Gasteiger partial charge in [0.15, 0.2) is 0 Å². The number of fused-ring (bicyclic) bond motifs is 11. The van der Waals surface area contributed by atoms with E-state index in [1.54, 1.807) is 5.57 Å². The summed E-state index contributed by atoms with van der Waals surface area (Å²) in [5, 5.41) is 0. The maximum absolute atomic E-state index is 7.15. The van der Waals surface area contributed by atoms with Crippen LogP contribution in [0.1, 0.15) is 52.1 Å². The molecule has 0 bridgehead atoms. The number of para-hydroxylation sites is 4. The molecule has 0 amide bonds. The van der Waals surface area contributed by atoms with Crippen LogP contribution in [0.25, 0.3) is 11.1 Å². The summed E-state index contributed by atoms with van der Waals surface area (Å²) in [6.45, 7) is 0. The first-order chi connectivity index (χ1) is 29.8. The highest BCUT2D eigenvalue weighted by Crippen LogP contribution is 2.63. The van der Waals surface area contributed by atoms with E-state index < -0.39 is 5.41 Å². The van der Waals surface area contributed by atoms with Crippen molar-refractivity contribution in [1.82, 2.24) is 0 Å². The number of hydrogen-bond donors (Lipinski definition) is 0. The fourth-order valence-electron chi connectivity index (χ4n) is 11.0. The van der Waals surface area contributed by atoms with Crippen LogP contribution >= 0.6 is 11.8 Å². The number of benzene rings is 7. The predicted molar refractivity (Wildman–Crippen MR) is 248 cm³/mol. The number of ether oxygens (including phenoxy) is 1. The minimum Gasteiger partial charge on any atom is -0.456 e. The van der Waals surface area contributed by atoms with Crippen molar-refractivity contribution >= 4 is 23.1 Å². The zero-order chi connectivity index (χ0) is 39.6. The minimum atomic E-state index is -0.469. The molecule has 60 heavy (non-hydrogen) atoms. The van der Waals surface area contributed by atoms with Gasteiger partial charge in [-0.1, -0.05) is 176 Å². The second-order valence-corrected chi connectivity index (χ2v) is 17.8. The minimum absolute atomic E-state index is 0.254. The molecular formula is C57H43NOS. The molecule has 3 aliphatic carbocycles. The van der Waals surface area contributed by atoms with E-state index in [1.807, 2.05) is 11.8 Å². The van der Waals surface area contributed by atoms with Crippen LogP contribution in [0, 0.1) is 11.8 Å². The van der Waals surface area contributed by atoms with Crippen molar-refractivity contribution in [3.63, 3.8) is 0 Å². The summed E-state index contributed by atoms with van der Waals surface area (Å²) in [5.41, 5.74) is 15.2. The van der Waals surface area contributed by atoms with Crippen molar-refractivity contribution in [1.29, 1.82) is 0 Å². The Balaban J connectivity index is 0.918. The summed E-state index contributed by atoms with van der Waals surface area (Å²) < 4.78 is 7.15. The Labute approximate surface area is 356 Å². The average molecular weight is 790 g/mol. The van der Waals surface area contributed by atoms with Crippen LogP contribution in [-0.4, -0.2) is 0 Å². The molecule has 3 atom stereocenters. The second-order valence-electron chi connectivity index (χ2n) is 16.7. The summed E-state index contributed by atoms with van der Waals surface area (Å²) >= 11 is 1.98. The average Bonchev–Trinajstić information content (AvgIpc) is 3.83. The lowest BCUT2D eigenvalue weighted by molar-refractivity contribution is 0.420. The Morgan fingerprint density at radius 2 is 1.18 bits per heavy atom. The van der Waals surface area contributed by atoms with Gasteiger partial charge in [-0.2, -0.15) is 0 Å². The number of anilines is 2. The number of hydrogen-bond acceptors (Lipinski definition) is 3. The molecule has 0 fully saturated rings.